The first-order chi connectivity index (χ1) is 9.47. The zero-order chi connectivity index (χ0) is 14.7. The number of hydrogen-bond donors (Lipinski definition) is 1. The lowest BCUT2D eigenvalue weighted by molar-refractivity contribution is 0.102. The van der Waals surface area contributed by atoms with Gasteiger partial charge in [0.25, 0.3) is 5.91 Å². The number of amides is 1. The number of nitrogens with one attached hydrogen (secondary N) is 1. The van der Waals surface area contributed by atoms with Crippen molar-refractivity contribution in [2.24, 2.45) is 0 Å². The highest BCUT2D eigenvalue weighted by molar-refractivity contribution is 7.84. The van der Waals surface area contributed by atoms with Crippen molar-refractivity contribution in [2.45, 2.75) is 4.90 Å². The van der Waals surface area contributed by atoms with E-state index in [4.69, 9.17) is 23.2 Å². The molecule has 0 bridgehead atoms. The summed E-state index contributed by atoms with van der Waals surface area (Å²) in [6.07, 6.45) is 1.58. The quantitative estimate of drug-likeness (QED) is 0.926. The monoisotopic (exact) mass is 327 g/mol. The van der Waals surface area contributed by atoms with E-state index in [1.807, 2.05) is 0 Å². The highest BCUT2D eigenvalue weighted by Crippen LogP contribution is 2.23. The zero-order valence-electron chi connectivity index (χ0n) is 10.5. The summed E-state index contributed by atoms with van der Waals surface area (Å²) < 4.78 is 11.4. The topological polar surface area (TPSA) is 46.2 Å². The van der Waals surface area contributed by atoms with Crippen LogP contribution in [-0.2, 0) is 10.8 Å². The molecule has 1 atom stereocenters. The van der Waals surface area contributed by atoms with Crippen molar-refractivity contribution in [1.82, 2.24) is 0 Å². The summed E-state index contributed by atoms with van der Waals surface area (Å²) in [6, 6.07) is 11.5. The van der Waals surface area contributed by atoms with Crippen LogP contribution in [0.1, 0.15) is 10.4 Å². The van der Waals surface area contributed by atoms with Crippen LogP contribution < -0.4 is 5.32 Å². The van der Waals surface area contributed by atoms with Crippen LogP contribution in [-0.4, -0.2) is 16.4 Å². The number of hydrogen-bond acceptors (Lipinski definition) is 2. The van der Waals surface area contributed by atoms with Crippen molar-refractivity contribution in [3.63, 3.8) is 0 Å². The van der Waals surface area contributed by atoms with E-state index in [2.05, 4.69) is 5.32 Å². The predicted octanol–water partition coefficient (Wildman–Crippen LogP) is 3.98. The predicted molar refractivity (Wildman–Crippen MR) is 83.2 cm³/mol. The molecule has 0 fully saturated rings. The van der Waals surface area contributed by atoms with Crippen molar-refractivity contribution in [3.8, 4) is 0 Å². The third-order valence-electron chi connectivity index (χ3n) is 2.61. The van der Waals surface area contributed by atoms with Crippen LogP contribution in [0.5, 0.6) is 0 Å². The standard InChI is InChI=1S/C14H11Cl2NO2S/c1-20(19)11-4-2-3-10(8-11)17-14(18)9-5-6-12(15)13(16)7-9/h2-8H,1H3,(H,17,18). The molecule has 0 aliphatic rings. The second kappa shape index (κ2) is 6.39. The molecule has 0 aliphatic carbocycles. The first-order valence-electron chi connectivity index (χ1n) is 5.67. The molecule has 0 spiro atoms. The van der Waals surface area contributed by atoms with E-state index in [1.54, 1.807) is 42.7 Å². The Balaban J connectivity index is 2.21. The van der Waals surface area contributed by atoms with Crippen molar-refractivity contribution in [1.29, 1.82) is 0 Å². The molecule has 1 N–H and O–H groups in total. The number of anilines is 1. The Kier molecular flexibility index (Phi) is 4.81. The van der Waals surface area contributed by atoms with Crippen LogP contribution in [0.25, 0.3) is 0 Å². The maximum Gasteiger partial charge on any atom is 0.255 e. The van der Waals surface area contributed by atoms with Crippen LogP contribution in [0.3, 0.4) is 0 Å². The van der Waals surface area contributed by atoms with Gasteiger partial charge in [0.2, 0.25) is 0 Å². The van der Waals surface area contributed by atoms with Crippen LogP contribution in [0.4, 0.5) is 5.69 Å². The smallest absolute Gasteiger partial charge is 0.255 e. The molecule has 1 unspecified atom stereocenters. The first-order valence-corrected chi connectivity index (χ1v) is 7.98. The third-order valence-corrected chi connectivity index (χ3v) is 4.26. The second-order valence-corrected chi connectivity index (χ2v) is 6.26. The van der Waals surface area contributed by atoms with Crippen molar-refractivity contribution < 1.29 is 9.00 Å². The minimum absolute atomic E-state index is 0.303. The highest BCUT2D eigenvalue weighted by atomic mass is 35.5. The summed E-state index contributed by atoms with van der Waals surface area (Å²) in [4.78, 5) is 12.7. The third kappa shape index (κ3) is 3.60. The Morgan fingerprint density at radius 3 is 2.50 bits per heavy atom. The summed E-state index contributed by atoms with van der Waals surface area (Å²) in [5, 5.41) is 3.44. The SMILES string of the molecule is CS(=O)c1cccc(NC(=O)c2ccc(Cl)c(Cl)c2)c1. The van der Waals surface area contributed by atoms with E-state index >= 15 is 0 Å². The summed E-state index contributed by atoms with van der Waals surface area (Å²) in [6.45, 7) is 0. The van der Waals surface area contributed by atoms with E-state index in [1.165, 1.54) is 6.07 Å². The van der Waals surface area contributed by atoms with Gasteiger partial charge >= 0.3 is 0 Å². The van der Waals surface area contributed by atoms with Crippen LogP contribution in [0.2, 0.25) is 10.0 Å². The average molecular weight is 328 g/mol. The molecule has 6 heteroatoms. The molecular weight excluding hydrogens is 317 g/mol. The number of carbonyl (C=O) groups is 1. The molecule has 0 aliphatic heterocycles. The molecule has 0 radical (unpaired) electrons. The van der Waals surface area contributed by atoms with Gasteiger partial charge in [-0.3, -0.25) is 9.00 Å². The Bertz CT molecular complexity index is 689. The molecule has 0 aromatic heterocycles. The van der Waals surface area contributed by atoms with Gasteiger partial charge in [-0.15, -0.1) is 0 Å². The van der Waals surface area contributed by atoms with Crippen LogP contribution in [0.15, 0.2) is 47.4 Å². The number of carbonyl (C=O) groups excluding carboxylic acids is 1. The normalized spacial score (nSPS) is 11.9. The Morgan fingerprint density at radius 2 is 1.85 bits per heavy atom. The Morgan fingerprint density at radius 1 is 1.10 bits per heavy atom. The molecule has 0 heterocycles. The zero-order valence-corrected chi connectivity index (χ0v) is 12.9. The molecule has 2 aromatic carbocycles. The maximum absolute atomic E-state index is 12.1. The lowest BCUT2D eigenvalue weighted by Gasteiger charge is -2.07. The lowest BCUT2D eigenvalue weighted by atomic mass is 10.2. The molecule has 104 valence electrons. The van der Waals surface area contributed by atoms with E-state index < -0.39 is 10.8 Å². The van der Waals surface area contributed by atoms with Gasteiger partial charge in [-0.25, -0.2) is 0 Å². The van der Waals surface area contributed by atoms with E-state index in [0.29, 0.717) is 26.2 Å². The minimum Gasteiger partial charge on any atom is -0.322 e. The fourth-order valence-corrected chi connectivity index (χ4v) is 2.45. The van der Waals surface area contributed by atoms with Gasteiger partial charge in [-0.05, 0) is 36.4 Å². The average Bonchev–Trinajstić information content (AvgIpc) is 2.42. The van der Waals surface area contributed by atoms with Gasteiger partial charge < -0.3 is 5.32 Å². The Hall–Kier alpha value is -1.36. The van der Waals surface area contributed by atoms with Crippen LogP contribution in [0, 0.1) is 0 Å². The second-order valence-electron chi connectivity index (χ2n) is 4.06. The summed E-state index contributed by atoms with van der Waals surface area (Å²) in [5.41, 5.74) is 0.983. The van der Waals surface area contributed by atoms with Crippen LogP contribution >= 0.6 is 23.2 Å². The van der Waals surface area contributed by atoms with Gasteiger partial charge in [0, 0.05) is 33.2 Å². The molecule has 3 nitrogen and oxygen atoms in total. The molecule has 1 amide bonds. The van der Waals surface area contributed by atoms with Gasteiger partial charge in [0.05, 0.1) is 10.0 Å². The van der Waals surface area contributed by atoms with E-state index in [0.717, 1.165) is 0 Å². The number of halogens is 2. The molecule has 2 rings (SSSR count). The number of rotatable bonds is 3. The van der Waals surface area contributed by atoms with E-state index in [-0.39, 0.29) is 5.91 Å². The largest absolute Gasteiger partial charge is 0.322 e. The first kappa shape index (κ1) is 15.0. The van der Waals surface area contributed by atoms with E-state index in [9.17, 15) is 9.00 Å². The molecule has 0 saturated heterocycles. The van der Waals surface area contributed by atoms with Gasteiger partial charge in [0.1, 0.15) is 0 Å². The summed E-state index contributed by atoms with van der Waals surface area (Å²) >= 11 is 11.7. The Labute approximate surface area is 129 Å². The van der Waals surface area contributed by atoms with Crippen molar-refractivity contribution >= 4 is 45.6 Å². The van der Waals surface area contributed by atoms with Crippen molar-refractivity contribution in [3.05, 3.63) is 58.1 Å². The van der Waals surface area contributed by atoms with Gasteiger partial charge in [-0.2, -0.15) is 0 Å². The molecular formula is C14H11Cl2NO2S. The lowest BCUT2D eigenvalue weighted by Crippen LogP contribution is -2.12. The molecule has 2 aromatic rings. The number of benzene rings is 2. The fraction of sp³-hybridized carbons (Fsp3) is 0.0714. The van der Waals surface area contributed by atoms with Gasteiger partial charge in [-0.1, -0.05) is 29.3 Å². The molecule has 0 saturated carbocycles. The maximum atomic E-state index is 12.1. The van der Waals surface area contributed by atoms with Crippen molar-refractivity contribution in [2.75, 3.05) is 11.6 Å². The summed E-state index contributed by atoms with van der Waals surface area (Å²) in [7, 11) is -1.10. The van der Waals surface area contributed by atoms with Gasteiger partial charge in [0.15, 0.2) is 0 Å². The fourth-order valence-electron chi connectivity index (χ4n) is 1.59. The highest BCUT2D eigenvalue weighted by Gasteiger charge is 2.09. The minimum atomic E-state index is -1.10. The summed E-state index contributed by atoms with van der Waals surface area (Å²) in [5.74, 6) is -0.303. The molecule has 20 heavy (non-hydrogen) atoms.